The van der Waals surface area contributed by atoms with E-state index < -0.39 is 0 Å². The van der Waals surface area contributed by atoms with E-state index in [4.69, 9.17) is 15.6 Å². The summed E-state index contributed by atoms with van der Waals surface area (Å²) in [7, 11) is 2.21. The number of aromatic nitrogens is 4. The highest BCUT2D eigenvalue weighted by Crippen LogP contribution is 2.37. The van der Waals surface area contributed by atoms with E-state index in [1.165, 1.54) is 6.33 Å². The van der Waals surface area contributed by atoms with Crippen molar-refractivity contribution in [2.24, 2.45) is 0 Å². The van der Waals surface area contributed by atoms with E-state index in [1.807, 2.05) is 66.7 Å². The molecular formula is C36H40N8O2. The van der Waals surface area contributed by atoms with Crippen LogP contribution in [0.1, 0.15) is 47.6 Å². The van der Waals surface area contributed by atoms with Gasteiger partial charge in [0.2, 0.25) is 0 Å². The number of fused-ring (bicyclic) bond motifs is 1. The van der Waals surface area contributed by atoms with Crippen LogP contribution in [0.3, 0.4) is 0 Å². The lowest BCUT2D eigenvalue weighted by atomic mass is 9.90. The summed E-state index contributed by atoms with van der Waals surface area (Å²) in [5.74, 6) is 1.72. The standard InChI is InChI=1S/C36H40N8O2/c1-42-18-20-43(21-19-42)28-12-14-29(15-13-28)44-35-32(34(37)39-24-40-35)33(41-44)26-10-16-30(17-11-26)46-31-9-5-6-25(22-31)23-38-36(45)27-7-3-2-4-8-27/h2-11,16-17,22,24,28-29H,12-15,18-21,23H2,1H3,(H,38,45)(H2,37,39,40). The van der Waals surface area contributed by atoms with Crippen molar-refractivity contribution >= 4 is 22.8 Å². The SMILES string of the molecule is CN1CCN(C2CCC(n3nc(-c4ccc(Oc5cccc(CNC(=O)c6ccccc6)c5)cc4)c4c(N)ncnc43)CC2)CC1. The zero-order valence-electron chi connectivity index (χ0n) is 26.2. The molecule has 3 heterocycles. The molecule has 0 radical (unpaired) electrons. The number of piperazine rings is 1. The number of carbonyl (C=O) groups excluding carboxylic acids is 1. The molecule has 0 spiro atoms. The van der Waals surface area contributed by atoms with Crippen molar-refractivity contribution in [2.45, 2.75) is 44.3 Å². The van der Waals surface area contributed by atoms with Crippen LogP contribution in [0, 0.1) is 0 Å². The summed E-state index contributed by atoms with van der Waals surface area (Å²) in [6, 6.07) is 25.7. The lowest BCUT2D eigenvalue weighted by molar-refractivity contribution is 0.0815. The fourth-order valence-corrected chi connectivity index (χ4v) is 6.72. The van der Waals surface area contributed by atoms with E-state index in [9.17, 15) is 4.79 Å². The van der Waals surface area contributed by atoms with Crippen molar-refractivity contribution in [3.8, 4) is 22.8 Å². The third-order valence-electron chi connectivity index (χ3n) is 9.34. The Morgan fingerprint density at radius 1 is 0.870 bits per heavy atom. The maximum Gasteiger partial charge on any atom is 0.251 e. The molecular weight excluding hydrogens is 576 g/mol. The van der Waals surface area contributed by atoms with Crippen molar-refractivity contribution in [1.82, 2.24) is 34.9 Å². The number of nitrogen functional groups attached to an aromatic ring is 1. The average Bonchev–Trinajstić information content (AvgIpc) is 3.49. The van der Waals surface area contributed by atoms with E-state index in [-0.39, 0.29) is 11.9 Å². The van der Waals surface area contributed by atoms with E-state index >= 15 is 0 Å². The number of nitrogens with two attached hydrogens (primary N) is 1. The highest BCUT2D eigenvalue weighted by molar-refractivity contribution is 5.98. The first-order valence-electron chi connectivity index (χ1n) is 16.1. The van der Waals surface area contributed by atoms with Gasteiger partial charge >= 0.3 is 0 Å². The molecule has 3 N–H and O–H groups in total. The van der Waals surface area contributed by atoms with Crippen LogP contribution in [0.15, 0.2) is 85.2 Å². The second-order valence-electron chi connectivity index (χ2n) is 12.4. The molecule has 1 saturated carbocycles. The molecule has 10 heteroatoms. The molecule has 1 saturated heterocycles. The van der Waals surface area contributed by atoms with Crippen LogP contribution in [0.2, 0.25) is 0 Å². The first kappa shape index (κ1) is 29.9. The molecule has 2 aliphatic rings. The molecule has 7 rings (SSSR count). The minimum atomic E-state index is -0.109. The van der Waals surface area contributed by atoms with Crippen LogP contribution < -0.4 is 15.8 Å². The number of rotatable bonds is 8. The molecule has 0 unspecified atom stereocenters. The van der Waals surface area contributed by atoms with E-state index in [1.54, 1.807) is 12.1 Å². The Hall–Kier alpha value is -4.80. The third-order valence-corrected chi connectivity index (χ3v) is 9.34. The number of amides is 1. The van der Waals surface area contributed by atoms with Crippen LogP contribution in [0.5, 0.6) is 11.5 Å². The van der Waals surface area contributed by atoms with Gasteiger partial charge in [-0.05, 0) is 86.8 Å². The van der Waals surface area contributed by atoms with Gasteiger partial charge in [0.05, 0.1) is 11.4 Å². The van der Waals surface area contributed by atoms with Gasteiger partial charge in [0.1, 0.15) is 29.3 Å². The minimum absolute atomic E-state index is 0.109. The van der Waals surface area contributed by atoms with Crippen molar-refractivity contribution in [2.75, 3.05) is 39.0 Å². The molecule has 5 aromatic rings. The van der Waals surface area contributed by atoms with E-state index in [0.29, 0.717) is 35.5 Å². The summed E-state index contributed by atoms with van der Waals surface area (Å²) >= 11 is 0. The summed E-state index contributed by atoms with van der Waals surface area (Å²) in [6.07, 6.45) is 6.00. The summed E-state index contributed by atoms with van der Waals surface area (Å²) in [4.78, 5) is 26.5. The summed E-state index contributed by atoms with van der Waals surface area (Å²) < 4.78 is 8.28. The Bertz CT molecular complexity index is 1790. The molecule has 0 atom stereocenters. The second kappa shape index (κ2) is 13.3. The molecule has 2 fully saturated rings. The summed E-state index contributed by atoms with van der Waals surface area (Å²) in [6.45, 7) is 5.01. The van der Waals surface area contributed by atoms with Gasteiger partial charge in [-0.1, -0.05) is 30.3 Å². The van der Waals surface area contributed by atoms with Gasteiger partial charge < -0.3 is 20.7 Å². The van der Waals surface area contributed by atoms with Gasteiger partial charge in [0.25, 0.3) is 5.91 Å². The third kappa shape index (κ3) is 6.45. The molecule has 1 aliphatic heterocycles. The van der Waals surface area contributed by atoms with E-state index in [2.05, 4.69) is 36.8 Å². The fourth-order valence-electron chi connectivity index (χ4n) is 6.72. The smallest absolute Gasteiger partial charge is 0.251 e. The van der Waals surface area contributed by atoms with Crippen LogP contribution in [-0.2, 0) is 6.54 Å². The van der Waals surface area contributed by atoms with Crippen LogP contribution in [0.4, 0.5) is 5.82 Å². The average molecular weight is 617 g/mol. The number of anilines is 1. The summed E-state index contributed by atoms with van der Waals surface area (Å²) in [5.41, 5.74) is 10.5. The first-order chi connectivity index (χ1) is 22.5. The maximum absolute atomic E-state index is 12.5. The predicted octanol–water partition coefficient (Wildman–Crippen LogP) is 5.53. The van der Waals surface area contributed by atoms with Gasteiger partial charge in [-0.3, -0.25) is 9.69 Å². The largest absolute Gasteiger partial charge is 0.457 e. The fraction of sp³-hybridized carbons (Fsp3) is 0.333. The molecule has 236 valence electrons. The van der Waals surface area contributed by atoms with Crippen LogP contribution in [0.25, 0.3) is 22.3 Å². The molecule has 0 bridgehead atoms. The second-order valence-corrected chi connectivity index (χ2v) is 12.4. The zero-order valence-corrected chi connectivity index (χ0v) is 26.2. The Kier molecular flexibility index (Phi) is 8.63. The van der Waals surface area contributed by atoms with Gasteiger partial charge in [0.15, 0.2) is 5.65 Å². The molecule has 2 aromatic heterocycles. The van der Waals surface area contributed by atoms with Crippen molar-refractivity contribution < 1.29 is 9.53 Å². The highest BCUT2D eigenvalue weighted by Gasteiger charge is 2.30. The quantitative estimate of drug-likeness (QED) is 0.234. The van der Waals surface area contributed by atoms with Crippen molar-refractivity contribution in [3.63, 3.8) is 0 Å². The number of benzene rings is 3. The maximum atomic E-state index is 12.5. The molecule has 1 amide bonds. The Morgan fingerprint density at radius 2 is 1.61 bits per heavy atom. The van der Waals surface area contributed by atoms with E-state index in [0.717, 1.165) is 79.7 Å². The number of nitrogens with one attached hydrogen (secondary N) is 1. The van der Waals surface area contributed by atoms with Gasteiger partial charge in [-0.25, -0.2) is 14.6 Å². The highest BCUT2D eigenvalue weighted by atomic mass is 16.5. The predicted molar refractivity (Wildman–Crippen MR) is 180 cm³/mol. The van der Waals surface area contributed by atoms with Gasteiger partial charge in [-0.15, -0.1) is 0 Å². The minimum Gasteiger partial charge on any atom is -0.457 e. The van der Waals surface area contributed by atoms with Gasteiger partial charge in [-0.2, -0.15) is 5.10 Å². The monoisotopic (exact) mass is 616 g/mol. The number of ether oxygens (including phenoxy) is 1. The molecule has 46 heavy (non-hydrogen) atoms. The van der Waals surface area contributed by atoms with Gasteiger partial charge in [0, 0.05) is 49.9 Å². The number of nitrogens with zero attached hydrogens (tertiary/aromatic N) is 6. The lowest BCUT2D eigenvalue weighted by Crippen LogP contribution is -2.49. The Morgan fingerprint density at radius 3 is 2.37 bits per heavy atom. The lowest BCUT2D eigenvalue weighted by Gasteiger charge is -2.41. The first-order valence-corrected chi connectivity index (χ1v) is 16.1. The molecule has 1 aliphatic carbocycles. The number of hydrogen-bond acceptors (Lipinski definition) is 8. The number of carbonyl (C=O) groups is 1. The topological polar surface area (TPSA) is 114 Å². The molecule has 3 aromatic carbocycles. The van der Waals surface area contributed by atoms with Crippen LogP contribution >= 0.6 is 0 Å². The Labute approximate surface area is 269 Å². The zero-order chi connectivity index (χ0) is 31.5. The van der Waals surface area contributed by atoms with Crippen LogP contribution in [-0.4, -0.2) is 74.7 Å². The van der Waals surface area contributed by atoms with Crippen molar-refractivity contribution in [3.05, 3.63) is 96.3 Å². The molecule has 10 nitrogen and oxygen atoms in total. The summed E-state index contributed by atoms with van der Waals surface area (Å²) in [5, 5.41) is 8.87. The number of likely N-dealkylation sites (N-methyl/N-ethyl adjacent to an activating group) is 1. The number of hydrogen-bond donors (Lipinski definition) is 2. The van der Waals surface area contributed by atoms with Crippen molar-refractivity contribution in [1.29, 1.82) is 0 Å². The normalized spacial score (nSPS) is 19.2. The Balaban J connectivity index is 1.04.